The third kappa shape index (κ3) is 3.31. The molecule has 1 unspecified atom stereocenters. The molecule has 100 valence electrons. The number of hydrogen-bond donors (Lipinski definition) is 2. The van der Waals surface area contributed by atoms with Gasteiger partial charge in [-0.15, -0.1) is 0 Å². The van der Waals surface area contributed by atoms with Crippen LogP contribution < -0.4 is 10.5 Å². The molecule has 1 aromatic carbocycles. The van der Waals surface area contributed by atoms with E-state index in [-0.39, 0.29) is 12.6 Å². The van der Waals surface area contributed by atoms with E-state index in [4.69, 9.17) is 5.73 Å². The van der Waals surface area contributed by atoms with Crippen LogP contribution in [0.25, 0.3) is 0 Å². The van der Waals surface area contributed by atoms with Gasteiger partial charge in [-0.05, 0) is 30.9 Å². The summed E-state index contributed by atoms with van der Waals surface area (Å²) in [6.45, 7) is 2.15. The van der Waals surface area contributed by atoms with Crippen LogP contribution in [0.2, 0.25) is 0 Å². The van der Waals surface area contributed by atoms with Gasteiger partial charge in [-0.25, -0.2) is 13.1 Å². The Bertz CT molecular complexity index is 509. The fourth-order valence-corrected chi connectivity index (χ4v) is 3.67. The van der Waals surface area contributed by atoms with E-state index in [9.17, 15) is 8.42 Å². The molecule has 4 nitrogen and oxygen atoms in total. The molecule has 1 aromatic rings. The van der Waals surface area contributed by atoms with Crippen molar-refractivity contribution >= 4 is 10.0 Å². The van der Waals surface area contributed by atoms with Crippen LogP contribution in [0.5, 0.6) is 0 Å². The molecule has 1 atom stereocenters. The number of hydrogen-bond acceptors (Lipinski definition) is 3. The average Bonchev–Trinajstić information content (AvgIpc) is 3.12. The normalized spacial score (nSPS) is 17.7. The van der Waals surface area contributed by atoms with E-state index in [2.05, 4.69) is 4.72 Å². The number of benzene rings is 1. The molecule has 1 saturated carbocycles. The van der Waals surface area contributed by atoms with Crippen LogP contribution in [0.3, 0.4) is 0 Å². The zero-order valence-corrected chi connectivity index (χ0v) is 11.4. The van der Waals surface area contributed by atoms with Crippen molar-refractivity contribution in [3.8, 4) is 0 Å². The highest BCUT2D eigenvalue weighted by Crippen LogP contribution is 2.33. The van der Waals surface area contributed by atoms with Crippen molar-refractivity contribution in [1.29, 1.82) is 0 Å². The first-order chi connectivity index (χ1) is 8.53. The maximum atomic E-state index is 12.3. The Morgan fingerprint density at radius 1 is 1.39 bits per heavy atom. The molecule has 0 heterocycles. The van der Waals surface area contributed by atoms with Gasteiger partial charge in [0.05, 0.1) is 4.90 Å². The Balaban J connectivity index is 2.13. The highest BCUT2D eigenvalue weighted by atomic mass is 32.2. The van der Waals surface area contributed by atoms with E-state index in [1.807, 2.05) is 6.92 Å². The van der Waals surface area contributed by atoms with Crippen LogP contribution >= 0.6 is 0 Å². The summed E-state index contributed by atoms with van der Waals surface area (Å²) in [5.74, 6) is 0.701. The van der Waals surface area contributed by atoms with Crippen molar-refractivity contribution in [2.75, 3.05) is 0 Å². The first kappa shape index (κ1) is 13.5. The summed E-state index contributed by atoms with van der Waals surface area (Å²) >= 11 is 0. The summed E-state index contributed by atoms with van der Waals surface area (Å²) in [5, 5.41) is 0. The SMILES string of the molecule is CC(CC1CC1)NS(=O)(=O)c1ccccc1CN. The van der Waals surface area contributed by atoms with E-state index in [0.29, 0.717) is 16.4 Å². The number of rotatable bonds is 6. The summed E-state index contributed by atoms with van der Waals surface area (Å²) in [5.41, 5.74) is 6.23. The molecule has 1 aliphatic rings. The molecule has 1 fully saturated rings. The zero-order chi connectivity index (χ0) is 13.2. The van der Waals surface area contributed by atoms with E-state index in [1.54, 1.807) is 24.3 Å². The molecule has 0 aliphatic heterocycles. The lowest BCUT2D eigenvalue weighted by Gasteiger charge is -2.15. The van der Waals surface area contributed by atoms with Crippen molar-refractivity contribution < 1.29 is 8.42 Å². The Hall–Kier alpha value is -0.910. The van der Waals surface area contributed by atoms with Crippen LogP contribution in [0.4, 0.5) is 0 Å². The topological polar surface area (TPSA) is 72.2 Å². The van der Waals surface area contributed by atoms with Gasteiger partial charge in [0.15, 0.2) is 0 Å². The van der Waals surface area contributed by atoms with E-state index < -0.39 is 10.0 Å². The summed E-state index contributed by atoms with van der Waals surface area (Å²) in [4.78, 5) is 0.301. The van der Waals surface area contributed by atoms with Gasteiger partial charge in [-0.3, -0.25) is 0 Å². The fraction of sp³-hybridized carbons (Fsp3) is 0.538. The van der Waals surface area contributed by atoms with E-state index in [1.165, 1.54) is 12.8 Å². The smallest absolute Gasteiger partial charge is 0.241 e. The van der Waals surface area contributed by atoms with Crippen LogP contribution in [-0.4, -0.2) is 14.5 Å². The molecule has 0 aromatic heterocycles. The molecule has 18 heavy (non-hydrogen) atoms. The maximum absolute atomic E-state index is 12.3. The van der Waals surface area contributed by atoms with E-state index in [0.717, 1.165) is 6.42 Å². The summed E-state index contributed by atoms with van der Waals surface area (Å²) < 4.78 is 27.3. The average molecular weight is 268 g/mol. The van der Waals surface area contributed by atoms with Crippen LogP contribution in [0.15, 0.2) is 29.2 Å². The minimum Gasteiger partial charge on any atom is -0.326 e. The van der Waals surface area contributed by atoms with Gasteiger partial charge in [-0.2, -0.15) is 0 Å². The monoisotopic (exact) mass is 268 g/mol. The second-order valence-electron chi connectivity index (χ2n) is 5.01. The summed E-state index contributed by atoms with van der Waals surface area (Å²) in [7, 11) is -3.45. The fourth-order valence-electron chi connectivity index (χ4n) is 2.16. The number of nitrogens with two attached hydrogens (primary N) is 1. The second-order valence-corrected chi connectivity index (χ2v) is 6.70. The maximum Gasteiger partial charge on any atom is 0.241 e. The van der Waals surface area contributed by atoms with Gasteiger partial charge in [0.2, 0.25) is 10.0 Å². The van der Waals surface area contributed by atoms with Gasteiger partial charge in [0, 0.05) is 12.6 Å². The molecule has 1 aliphatic carbocycles. The van der Waals surface area contributed by atoms with Crippen molar-refractivity contribution in [1.82, 2.24) is 4.72 Å². The van der Waals surface area contributed by atoms with Gasteiger partial charge in [0.25, 0.3) is 0 Å². The predicted octanol–water partition coefficient (Wildman–Crippen LogP) is 1.61. The molecule has 0 bridgehead atoms. The van der Waals surface area contributed by atoms with Crippen molar-refractivity contribution in [2.24, 2.45) is 11.7 Å². The summed E-state index contributed by atoms with van der Waals surface area (Å²) in [6.07, 6.45) is 3.38. The third-order valence-electron chi connectivity index (χ3n) is 3.22. The van der Waals surface area contributed by atoms with Crippen LogP contribution in [-0.2, 0) is 16.6 Å². The van der Waals surface area contributed by atoms with Crippen molar-refractivity contribution in [3.63, 3.8) is 0 Å². The van der Waals surface area contributed by atoms with Crippen molar-refractivity contribution in [3.05, 3.63) is 29.8 Å². The minimum atomic E-state index is -3.45. The quantitative estimate of drug-likeness (QED) is 0.823. The standard InChI is InChI=1S/C13H20N2O2S/c1-10(8-11-6-7-11)15-18(16,17)13-5-3-2-4-12(13)9-14/h2-5,10-11,15H,6-9,14H2,1H3. The Kier molecular flexibility index (Phi) is 4.04. The highest BCUT2D eigenvalue weighted by Gasteiger charge is 2.26. The van der Waals surface area contributed by atoms with Gasteiger partial charge < -0.3 is 5.73 Å². The summed E-state index contributed by atoms with van der Waals surface area (Å²) in [6, 6.07) is 6.86. The van der Waals surface area contributed by atoms with Gasteiger partial charge in [-0.1, -0.05) is 31.0 Å². The predicted molar refractivity (Wildman–Crippen MR) is 71.5 cm³/mol. The molecular formula is C13H20N2O2S. The lowest BCUT2D eigenvalue weighted by Crippen LogP contribution is -2.33. The third-order valence-corrected chi connectivity index (χ3v) is 4.91. The molecule has 0 amide bonds. The first-order valence-electron chi connectivity index (χ1n) is 6.33. The zero-order valence-electron chi connectivity index (χ0n) is 10.6. The molecule has 3 N–H and O–H groups in total. The molecule has 0 saturated heterocycles. The minimum absolute atomic E-state index is 0.0201. The second kappa shape index (κ2) is 5.38. The van der Waals surface area contributed by atoms with Gasteiger partial charge >= 0.3 is 0 Å². The highest BCUT2D eigenvalue weighted by molar-refractivity contribution is 7.89. The molecule has 0 radical (unpaired) electrons. The lowest BCUT2D eigenvalue weighted by molar-refractivity contribution is 0.529. The molecule has 5 heteroatoms. The number of nitrogens with one attached hydrogen (secondary N) is 1. The largest absolute Gasteiger partial charge is 0.326 e. The Morgan fingerprint density at radius 3 is 2.67 bits per heavy atom. The van der Waals surface area contributed by atoms with Gasteiger partial charge in [0.1, 0.15) is 0 Å². The first-order valence-corrected chi connectivity index (χ1v) is 7.81. The number of sulfonamides is 1. The van der Waals surface area contributed by atoms with Crippen LogP contribution in [0.1, 0.15) is 31.7 Å². The van der Waals surface area contributed by atoms with Crippen LogP contribution in [0, 0.1) is 5.92 Å². The van der Waals surface area contributed by atoms with E-state index >= 15 is 0 Å². The Labute approximate surface area is 109 Å². The molecular weight excluding hydrogens is 248 g/mol. The molecule has 0 spiro atoms. The lowest BCUT2D eigenvalue weighted by atomic mass is 10.2. The van der Waals surface area contributed by atoms with Crippen molar-refractivity contribution in [2.45, 2.75) is 43.7 Å². The Morgan fingerprint density at radius 2 is 2.06 bits per heavy atom. The molecule has 2 rings (SSSR count).